The van der Waals surface area contributed by atoms with Crippen LogP contribution in [0.5, 0.6) is 5.75 Å². The average molecular weight is 292 g/mol. The molecule has 0 amide bonds. The van der Waals surface area contributed by atoms with E-state index in [0.29, 0.717) is 23.1 Å². The van der Waals surface area contributed by atoms with Gasteiger partial charge >= 0.3 is 0 Å². The first kappa shape index (κ1) is 13.2. The van der Waals surface area contributed by atoms with E-state index in [0.717, 1.165) is 17.9 Å². The summed E-state index contributed by atoms with van der Waals surface area (Å²) in [5.41, 5.74) is 1.64. The molecule has 2 heterocycles. The predicted molar refractivity (Wildman–Crippen MR) is 76.9 cm³/mol. The first-order valence-electron chi connectivity index (χ1n) is 6.37. The topological polar surface area (TPSA) is 47.8 Å². The lowest BCUT2D eigenvalue weighted by Gasteiger charge is -2.07. The minimum Gasteiger partial charge on any atom is -0.490 e. The van der Waals surface area contributed by atoms with Gasteiger partial charge in [0.25, 0.3) is 0 Å². The Morgan fingerprint density at radius 2 is 2.20 bits per heavy atom. The van der Waals surface area contributed by atoms with E-state index >= 15 is 0 Å². The maximum atomic E-state index is 6.07. The van der Waals surface area contributed by atoms with E-state index in [9.17, 15) is 0 Å². The number of hydrogen-bond donors (Lipinski definition) is 0. The van der Waals surface area contributed by atoms with E-state index in [-0.39, 0.29) is 6.10 Å². The molecule has 0 saturated carbocycles. The number of ether oxygens (including phenoxy) is 2. The zero-order chi connectivity index (χ0) is 13.9. The summed E-state index contributed by atoms with van der Waals surface area (Å²) >= 11 is 6.07. The number of aromatic nitrogens is 1. The summed E-state index contributed by atoms with van der Waals surface area (Å²) in [6.45, 7) is 3.16. The largest absolute Gasteiger partial charge is 0.490 e. The lowest BCUT2D eigenvalue weighted by molar-refractivity contribution is 0.262. The van der Waals surface area contributed by atoms with Crippen LogP contribution in [0, 0.1) is 6.92 Å². The Labute approximate surface area is 121 Å². The molecule has 1 aromatic carbocycles. The molecule has 0 N–H and O–H groups in total. The zero-order valence-electron chi connectivity index (χ0n) is 11.0. The van der Waals surface area contributed by atoms with Crippen LogP contribution in [0.25, 0.3) is 12.2 Å². The van der Waals surface area contributed by atoms with Crippen molar-refractivity contribution < 1.29 is 14.0 Å². The van der Waals surface area contributed by atoms with Crippen molar-refractivity contribution in [2.24, 2.45) is 0 Å². The number of hydrogen-bond acceptors (Lipinski definition) is 4. The van der Waals surface area contributed by atoms with E-state index in [1.807, 2.05) is 30.3 Å². The number of para-hydroxylation sites is 1. The van der Waals surface area contributed by atoms with Crippen LogP contribution in [0.3, 0.4) is 0 Å². The van der Waals surface area contributed by atoms with Gasteiger partial charge in [-0.25, -0.2) is 0 Å². The maximum absolute atomic E-state index is 6.07. The van der Waals surface area contributed by atoms with Gasteiger partial charge in [0, 0.05) is 5.56 Å². The van der Waals surface area contributed by atoms with Crippen molar-refractivity contribution in [2.45, 2.75) is 13.0 Å². The third kappa shape index (κ3) is 3.03. The van der Waals surface area contributed by atoms with Crippen molar-refractivity contribution in [1.82, 2.24) is 5.16 Å². The fourth-order valence-electron chi connectivity index (χ4n) is 1.74. The Morgan fingerprint density at radius 1 is 1.40 bits per heavy atom. The summed E-state index contributed by atoms with van der Waals surface area (Å²) in [5, 5.41) is 4.35. The molecule has 1 aromatic heterocycles. The molecule has 20 heavy (non-hydrogen) atoms. The Bertz CT molecular complexity index is 632. The van der Waals surface area contributed by atoms with Gasteiger partial charge in [0.15, 0.2) is 5.76 Å². The summed E-state index contributed by atoms with van der Waals surface area (Å²) < 4.78 is 16.0. The lowest BCUT2D eigenvalue weighted by atomic mass is 10.2. The second kappa shape index (κ2) is 5.69. The van der Waals surface area contributed by atoms with Gasteiger partial charge in [-0.1, -0.05) is 35.0 Å². The van der Waals surface area contributed by atoms with Crippen LogP contribution in [-0.2, 0) is 4.74 Å². The fraction of sp³-hybridized carbons (Fsp3) is 0.267. The summed E-state index contributed by atoms with van der Waals surface area (Å²) in [6, 6.07) is 7.78. The maximum Gasteiger partial charge on any atom is 0.178 e. The first-order valence-corrected chi connectivity index (χ1v) is 6.75. The summed E-state index contributed by atoms with van der Waals surface area (Å²) in [5.74, 6) is 1.36. The number of nitrogens with zero attached hydrogens (tertiary/aromatic N) is 1. The van der Waals surface area contributed by atoms with Gasteiger partial charge < -0.3 is 14.0 Å². The van der Waals surface area contributed by atoms with Crippen LogP contribution in [0.2, 0.25) is 5.02 Å². The summed E-state index contributed by atoms with van der Waals surface area (Å²) in [4.78, 5) is 0. The molecule has 0 bridgehead atoms. The highest BCUT2D eigenvalue weighted by molar-refractivity contribution is 6.32. The molecule has 1 unspecified atom stereocenters. The monoisotopic (exact) mass is 291 g/mol. The first-order chi connectivity index (χ1) is 9.74. The average Bonchev–Trinajstić information content (AvgIpc) is 3.24. The molecule has 0 spiro atoms. The van der Waals surface area contributed by atoms with E-state index < -0.39 is 0 Å². The van der Waals surface area contributed by atoms with Crippen LogP contribution in [0.4, 0.5) is 0 Å². The van der Waals surface area contributed by atoms with Crippen LogP contribution in [-0.4, -0.2) is 24.5 Å². The van der Waals surface area contributed by atoms with Gasteiger partial charge in [0.05, 0.1) is 12.3 Å². The van der Waals surface area contributed by atoms with Gasteiger partial charge in [-0.05, 0) is 25.1 Å². The smallest absolute Gasteiger partial charge is 0.178 e. The Balaban J connectivity index is 1.77. The van der Waals surface area contributed by atoms with E-state index in [4.69, 9.17) is 25.6 Å². The van der Waals surface area contributed by atoms with Crippen LogP contribution in [0.15, 0.2) is 28.8 Å². The molecule has 1 atom stereocenters. The van der Waals surface area contributed by atoms with Gasteiger partial charge in [0.1, 0.15) is 23.5 Å². The van der Waals surface area contributed by atoms with E-state index in [1.165, 1.54) is 0 Å². The minimum atomic E-state index is 0.235. The molecule has 1 aliphatic heterocycles. The molecule has 1 saturated heterocycles. The van der Waals surface area contributed by atoms with Crippen molar-refractivity contribution in [1.29, 1.82) is 0 Å². The highest BCUT2D eigenvalue weighted by atomic mass is 35.5. The third-order valence-electron chi connectivity index (χ3n) is 2.98. The van der Waals surface area contributed by atoms with Gasteiger partial charge in [-0.3, -0.25) is 0 Å². The van der Waals surface area contributed by atoms with Crippen LogP contribution >= 0.6 is 11.6 Å². The lowest BCUT2D eigenvalue weighted by Crippen LogP contribution is -2.04. The third-order valence-corrected chi connectivity index (χ3v) is 3.44. The highest BCUT2D eigenvalue weighted by Crippen LogP contribution is 2.25. The van der Waals surface area contributed by atoms with E-state index in [1.54, 1.807) is 13.0 Å². The quantitative estimate of drug-likeness (QED) is 0.790. The van der Waals surface area contributed by atoms with Crippen molar-refractivity contribution in [2.75, 3.05) is 13.2 Å². The second-order valence-corrected chi connectivity index (χ2v) is 4.96. The highest BCUT2D eigenvalue weighted by Gasteiger charge is 2.23. The molecule has 3 rings (SSSR count). The number of epoxide rings is 1. The Kier molecular flexibility index (Phi) is 3.76. The molecule has 2 aromatic rings. The molecule has 1 fully saturated rings. The van der Waals surface area contributed by atoms with Crippen LogP contribution in [0.1, 0.15) is 17.0 Å². The predicted octanol–water partition coefficient (Wildman–Crippen LogP) is 3.58. The molecule has 104 valence electrons. The minimum absolute atomic E-state index is 0.235. The number of aryl methyl sites for hydroxylation is 1. The van der Waals surface area contributed by atoms with Gasteiger partial charge in [-0.15, -0.1) is 0 Å². The summed E-state index contributed by atoms with van der Waals surface area (Å²) in [7, 11) is 0. The van der Waals surface area contributed by atoms with Crippen molar-refractivity contribution >= 4 is 23.8 Å². The summed E-state index contributed by atoms with van der Waals surface area (Å²) in [6.07, 6.45) is 3.92. The number of benzene rings is 1. The zero-order valence-corrected chi connectivity index (χ0v) is 11.8. The molecule has 0 aliphatic carbocycles. The van der Waals surface area contributed by atoms with Crippen molar-refractivity contribution in [3.63, 3.8) is 0 Å². The van der Waals surface area contributed by atoms with E-state index in [2.05, 4.69) is 5.16 Å². The molecule has 5 heteroatoms. The number of halogens is 1. The van der Waals surface area contributed by atoms with Crippen molar-refractivity contribution in [3.05, 3.63) is 46.3 Å². The molecule has 1 aliphatic rings. The van der Waals surface area contributed by atoms with Crippen molar-refractivity contribution in [3.8, 4) is 5.75 Å². The standard InChI is InChI=1S/C15H14ClNO3/c1-10-15(16)14(20-17-10)7-6-11-4-2-3-5-13(11)19-9-12-8-18-12/h2-7,12H,8-9H2,1H3. The van der Waals surface area contributed by atoms with Crippen LogP contribution < -0.4 is 4.74 Å². The normalized spacial score (nSPS) is 17.6. The van der Waals surface area contributed by atoms with Gasteiger partial charge in [0.2, 0.25) is 0 Å². The SMILES string of the molecule is Cc1noc(C=Cc2ccccc2OCC2CO2)c1Cl. The number of rotatable bonds is 5. The Morgan fingerprint density at radius 3 is 2.90 bits per heavy atom. The fourth-order valence-corrected chi connectivity index (χ4v) is 1.87. The van der Waals surface area contributed by atoms with Gasteiger partial charge in [-0.2, -0.15) is 0 Å². The molecule has 4 nitrogen and oxygen atoms in total. The second-order valence-electron chi connectivity index (χ2n) is 4.58. The molecule has 0 radical (unpaired) electrons. The molecular formula is C15H14ClNO3. The Hall–Kier alpha value is -1.78. The molecular weight excluding hydrogens is 278 g/mol.